The molecule has 3 aromatic rings. The minimum atomic E-state index is 0.514. The molecule has 2 aromatic carbocycles. The zero-order chi connectivity index (χ0) is 13.8. The molecule has 0 aliphatic heterocycles. The molecule has 0 saturated carbocycles. The lowest BCUT2D eigenvalue weighted by molar-refractivity contribution is 0.466. The zero-order valence-electron chi connectivity index (χ0n) is 10.7. The molecule has 1 heterocycles. The summed E-state index contributed by atoms with van der Waals surface area (Å²) in [6.07, 6.45) is 0. The fraction of sp³-hybridized carbons (Fsp3) is 0.0667. The van der Waals surface area contributed by atoms with E-state index in [0.29, 0.717) is 16.8 Å². The Morgan fingerprint density at radius 3 is 2.45 bits per heavy atom. The van der Waals surface area contributed by atoms with E-state index in [-0.39, 0.29) is 0 Å². The maximum Gasteiger partial charge on any atom is 0.277 e. The Morgan fingerprint density at radius 2 is 1.70 bits per heavy atom. The van der Waals surface area contributed by atoms with Gasteiger partial charge in [0.2, 0.25) is 5.89 Å². The van der Waals surface area contributed by atoms with Gasteiger partial charge in [0.05, 0.1) is 0 Å². The van der Waals surface area contributed by atoms with Crippen LogP contribution in [0, 0.1) is 0 Å². The molecular weight excluding hydrogens is 270 g/mol. The predicted octanol–water partition coefficient (Wildman–Crippen LogP) is 3.61. The third kappa shape index (κ3) is 3.00. The first-order chi connectivity index (χ1) is 9.81. The molecule has 5 heteroatoms. The van der Waals surface area contributed by atoms with Crippen molar-refractivity contribution in [2.45, 2.75) is 11.0 Å². The summed E-state index contributed by atoms with van der Waals surface area (Å²) in [5, 5.41) is 8.67. The van der Waals surface area contributed by atoms with E-state index in [1.807, 2.05) is 42.5 Å². The molecule has 0 amide bonds. The van der Waals surface area contributed by atoms with Crippen LogP contribution in [0.4, 0.5) is 5.69 Å². The monoisotopic (exact) mass is 283 g/mol. The van der Waals surface area contributed by atoms with E-state index in [1.54, 1.807) is 0 Å². The minimum Gasteiger partial charge on any atom is -0.411 e. The van der Waals surface area contributed by atoms with Crippen molar-refractivity contribution in [3.8, 4) is 11.5 Å². The van der Waals surface area contributed by atoms with Gasteiger partial charge in [-0.1, -0.05) is 42.1 Å². The van der Waals surface area contributed by atoms with Gasteiger partial charge in [0, 0.05) is 17.0 Å². The lowest BCUT2D eigenvalue weighted by Gasteiger charge is -1.97. The maximum atomic E-state index is 5.65. The second kappa shape index (κ2) is 5.79. The van der Waals surface area contributed by atoms with Gasteiger partial charge in [0.15, 0.2) is 0 Å². The third-order valence-electron chi connectivity index (χ3n) is 2.77. The van der Waals surface area contributed by atoms with E-state index in [0.717, 1.165) is 11.3 Å². The molecule has 1 aromatic heterocycles. The second-order valence-corrected chi connectivity index (χ2v) is 5.20. The molecule has 100 valence electrons. The lowest BCUT2D eigenvalue weighted by atomic mass is 10.2. The highest BCUT2D eigenvalue weighted by Crippen LogP contribution is 2.25. The summed E-state index contributed by atoms with van der Waals surface area (Å²) in [4.78, 5) is 0. The van der Waals surface area contributed by atoms with E-state index in [4.69, 9.17) is 10.2 Å². The minimum absolute atomic E-state index is 0.514. The van der Waals surface area contributed by atoms with Crippen molar-refractivity contribution in [2.24, 2.45) is 0 Å². The van der Waals surface area contributed by atoms with Gasteiger partial charge in [-0.3, -0.25) is 0 Å². The van der Waals surface area contributed by atoms with E-state index >= 15 is 0 Å². The Kier molecular flexibility index (Phi) is 3.69. The van der Waals surface area contributed by atoms with Crippen LogP contribution in [0.3, 0.4) is 0 Å². The van der Waals surface area contributed by atoms with Gasteiger partial charge in [-0.05, 0) is 29.8 Å². The Bertz CT molecular complexity index is 680. The molecule has 0 aliphatic rings. The molecule has 0 radical (unpaired) electrons. The third-order valence-corrected chi connectivity index (χ3v) is 3.66. The van der Waals surface area contributed by atoms with Gasteiger partial charge in [0.25, 0.3) is 5.22 Å². The summed E-state index contributed by atoms with van der Waals surface area (Å²) in [6.45, 7) is 0. The number of hydrogen-bond acceptors (Lipinski definition) is 5. The Balaban J connectivity index is 1.69. The van der Waals surface area contributed by atoms with Gasteiger partial charge in [-0.2, -0.15) is 0 Å². The van der Waals surface area contributed by atoms with Crippen molar-refractivity contribution in [1.29, 1.82) is 0 Å². The molecule has 0 aliphatic carbocycles. The molecule has 2 N–H and O–H groups in total. The fourth-order valence-electron chi connectivity index (χ4n) is 1.73. The quantitative estimate of drug-likeness (QED) is 0.585. The number of aromatic nitrogens is 2. The Labute approximate surface area is 121 Å². The molecule has 0 bridgehead atoms. The van der Waals surface area contributed by atoms with Gasteiger partial charge in [-0.15, -0.1) is 10.2 Å². The smallest absolute Gasteiger partial charge is 0.277 e. The number of nitrogens with zero attached hydrogens (tertiary/aromatic N) is 2. The van der Waals surface area contributed by atoms with Crippen LogP contribution in [0.15, 0.2) is 64.2 Å². The average molecular weight is 283 g/mol. The first-order valence-electron chi connectivity index (χ1n) is 6.17. The van der Waals surface area contributed by atoms with Crippen LogP contribution in [0.5, 0.6) is 0 Å². The first-order valence-corrected chi connectivity index (χ1v) is 7.16. The van der Waals surface area contributed by atoms with Crippen LogP contribution in [0.1, 0.15) is 5.56 Å². The van der Waals surface area contributed by atoms with Crippen LogP contribution in [0.2, 0.25) is 0 Å². The molecular formula is C15H13N3OS. The number of anilines is 1. The molecule has 0 fully saturated rings. The Hall–Kier alpha value is -2.27. The van der Waals surface area contributed by atoms with E-state index in [1.165, 1.54) is 17.3 Å². The molecule has 4 nitrogen and oxygen atoms in total. The lowest BCUT2D eigenvalue weighted by Crippen LogP contribution is -1.83. The summed E-state index contributed by atoms with van der Waals surface area (Å²) >= 11 is 1.53. The zero-order valence-corrected chi connectivity index (χ0v) is 11.5. The predicted molar refractivity (Wildman–Crippen MR) is 80.1 cm³/mol. The van der Waals surface area contributed by atoms with Crippen LogP contribution >= 0.6 is 11.8 Å². The topological polar surface area (TPSA) is 64.9 Å². The number of nitrogens with two attached hydrogens (primary N) is 1. The highest BCUT2D eigenvalue weighted by Gasteiger charge is 2.08. The summed E-state index contributed by atoms with van der Waals surface area (Å²) in [5.41, 5.74) is 8.47. The van der Waals surface area contributed by atoms with Crippen molar-refractivity contribution >= 4 is 17.4 Å². The number of hydrogen-bond donors (Lipinski definition) is 1. The maximum absolute atomic E-state index is 5.65. The number of thioether (sulfide) groups is 1. The van der Waals surface area contributed by atoms with Gasteiger partial charge in [-0.25, -0.2) is 0 Å². The van der Waals surface area contributed by atoms with Crippen molar-refractivity contribution in [3.63, 3.8) is 0 Å². The summed E-state index contributed by atoms with van der Waals surface area (Å²) < 4.78 is 5.63. The van der Waals surface area contributed by atoms with Crippen LogP contribution in [0.25, 0.3) is 11.5 Å². The molecule has 0 spiro atoms. The summed E-state index contributed by atoms with van der Waals surface area (Å²) in [5.74, 6) is 1.32. The average Bonchev–Trinajstić information content (AvgIpc) is 2.96. The second-order valence-electron chi connectivity index (χ2n) is 4.27. The SMILES string of the molecule is Nc1ccc(-c2nnc(SCc3ccccc3)o2)cc1. The highest BCUT2D eigenvalue weighted by atomic mass is 32.2. The number of benzene rings is 2. The fourth-order valence-corrected chi connectivity index (χ4v) is 2.45. The highest BCUT2D eigenvalue weighted by molar-refractivity contribution is 7.98. The van der Waals surface area contributed by atoms with Crippen molar-refractivity contribution in [3.05, 3.63) is 60.2 Å². The van der Waals surface area contributed by atoms with Crippen LogP contribution in [-0.2, 0) is 5.75 Å². The van der Waals surface area contributed by atoms with Gasteiger partial charge in [0.1, 0.15) is 0 Å². The van der Waals surface area contributed by atoms with E-state index in [2.05, 4.69) is 22.3 Å². The van der Waals surface area contributed by atoms with Gasteiger partial charge >= 0.3 is 0 Å². The molecule has 20 heavy (non-hydrogen) atoms. The van der Waals surface area contributed by atoms with E-state index < -0.39 is 0 Å². The summed E-state index contributed by atoms with van der Waals surface area (Å²) in [7, 11) is 0. The molecule has 0 atom stereocenters. The molecule has 0 unspecified atom stereocenters. The van der Waals surface area contributed by atoms with E-state index in [9.17, 15) is 0 Å². The van der Waals surface area contributed by atoms with Crippen molar-refractivity contribution in [2.75, 3.05) is 5.73 Å². The summed E-state index contributed by atoms with van der Waals surface area (Å²) in [6, 6.07) is 17.6. The Morgan fingerprint density at radius 1 is 0.950 bits per heavy atom. The van der Waals surface area contributed by atoms with Crippen LogP contribution < -0.4 is 5.73 Å². The standard InChI is InChI=1S/C15H13N3OS/c16-13-8-6-12(7-9-13)14-17-18-15(19-14)20-10-11-4-2-1-3-5-11/h1-9H,10,16H2. The van der Waals surface area contributed by atoms with Crippen LogP contribution in [-0.4, -0.2) is 10.2 Å². The molecule has 3 rings (SSSR count). The largest absolute Gasteiger partial charge is 0.411 e. The normalized spacial score (nSPS) is 10.6. The number of nitrogen functional groups attached to an aromatic ring is 1. The number of rotatable bonds is 4. The molecule has 0 saturated heterocycles. The van der Waals surface area contributed by atoms with Crippen molar-refractivity contribution < 1.29 is 4.42 Å². The van der Waals surface area contributed by atoms with Gasteiger partial charge < -0.3 is 10.2 Å². The van der Waals surface area contributed by atoms with Crippen molar-refractivity contribution in [1.82, 2.24) is 10.2 Å². The first kappa shape index (κ1) is 12.7.